The minimum atomic E-state index is -0.258. The van der Waals surface area contributed by atoms with Crippen LogP contribution in [0, 0.1) is 0 Å². The molecule has 1 saturated heterocycles. The van der Waals surface area contributed by atoms with Crippen LogP contribution >= 0.6 is 0 Å². The number of rotatable bonds is 5. The van der Waals surface area contributed by atoms with Gasteiger partial charge in [0.2, 0.25) is 5.95 Å². The molecule has 156 valence electrons. The first kappa shape index (κ1) is 20.1. The Bertz CT molecular complexity index is 981. The first-order valence-electron chi connectivity index (χ1n) is 10.2. The van der Waals surface area contributed by atoms with E-state index in [1.54, 1.807) is 13.2 Å². The van der Waals surface area contributed by atoms with Crippen molar-refractivity contribution in [2.75, 3.05) is 30.4 Å². The summed E-state index contributed by atoms with van der Waals surface area (Å²) in [6.07, 6.45) is 10.2. The van der Waals surface area contributed by atoms with E-state index < -0.39 is 0 Å². The summed E-state index contributed by atoms with van der Waals surface area (Å²) >= 11 is 0. The van der Waals surface area contributed by atoms with Crippen molar-refractivity contribution in [2.24, 2.45) is 5.90 Å². The van der Waals surface area contributed by atoms with Crippen LogP contribution in [-0.4, -0.2) is 41.3 Å². The highest BCUT2D eigenvalue weighted by atomic mass is 16.6. The fourth-order valence-electron chi connectivity index (χ4n) is 3.91. The van der Waals surface area contributed by atoms with E-state index in [9.17, 15) is 5.11 Å². The summed E-state index contributed by atoms with van der Waals surface area (Å²) in [6, 6.07) is 10.0. The van der Waals surface area contributed by atoms with Gasteiger partial charge in [0.1, 0.15) is 0 Å². The summed E-state index contributed by atoms with van der Waals surface area (Å²) in [7, 11) is 1.80. The normalized spacial score (nSPS) is 20.6. The van der Waals surface area contributed by atoms with Crippen LogP contribution in [0.25, 0.3) is 11.3 Å². The van der Waals surface area contributed by atoms with Crippen molar-refractivity contribution >= 4 is 23.0 Å². The number of nitrogens with one attached hydrogen (secondary N) is 1. The maximum atomic E-state index is 9.93. The summed E-state index contributed by atoms with van der Waals surface area (Å²) in [5, 5.41) is 12.9. The smallest absolute Gasteiger partial charge is 0.222 e. The Kier molecular flexibility index (Phi) is 6.11. The largest absolute Gasteiger partial charge is 0.411 e. The predicted molar refractivity (Wildman–Crippen MR) is 119 cm³/mol. The van der Waals surface area contributed by atoms with E-state index in [1.807, 2.05) is 24.3 Å². The van der Waals surface area contributed by atoms with Gasteiger partial charge in [-0.25, -0.2) is 9.97 Å². The summed E-state index contributed by atoms with van der Waals surface area (Å²) in [6.45, 7) is 1.63. The Balaban J connectivity index is 1.61. The van der Waals surface area contributed by atoms with Gasteiger partial charge in [0.25, 0.3) is 0 Å². The van der Waals surface area contributed by atoms with E-state index in [0.29, 0.717) is 18.3 Å². The zero-order valence-corrected chi connectivity index (χ0v) is 17.1. The molecule has 1 aromatic heterocycles. The number of piperidine rings is 1. The van der Waals surface area contributed by atoms with E-state index in [2.05, 4.69) is 44.5 Å². The molecule has 0 saturated carbocycles. The molecule has 30 heavy (non-hydrogen) atoms. The third kappa shape index (κ3) is 4.37. The minimum absolute atomic E-state index is 0.258. The molecule has 1 fully saturated rings. The molecule has 1 aliphatic carbocycles. The lowest BCUT2D eigenvalue weighted by atomic mass is 9.96. The van der Waals surface area contributed by atoms with Crippen LogP contribution in [0.4, 0.5) is 11.6 Å². The van der Waals surface area contributed by atoms with Gasteiger partial charge in [-0.2, -0.15) is 5.90 Å². The van der Waals surface area contributed by atoms with Crippen molar-refractivity contribution in [1.82, 2.24) is 9.97 Å². The topological polar surface area (TPSA) is 96.5 Å². The van der Waals surface area contributed by atoms with Crippen molar-refractivity contribution < 1.29 is 9.94 Å². The molecule has 2 aromatic rings. The maximum absolute atomic E-state index is 9.93. The van der Waals surface area contributed by atoms with Gasteiger partial charge < -0.3 is 20.2 Å². The fraction of sp³-hybridized carbons (Fsp3) is 0.304. The number of hydrogen-bond donors (Lipinski definition) is 3. The van der Waals surface area contributed by atoms with Gasteiger partial charge in [-0.05, 0) is 55.7 Å². The number of nitrogens with two attached hydrogens (primary N) is 1. The maximum Gasteiger partial charge on any atom is 0.222 e. The van der Waals surface area contributed by atoms with Crippen LogP contribution in [0.2, 0.25) is 0 Å². The molecule has 0 amide bonds. The first-order chi connectivity index (χ1) is 14.7. The Labute approximate surface area is 176 Å². The van der Waals surface area contributed by atoms with Crippen LogP contribution in [0.3, 0.4) is 0 Å². The Hall–Kier alpha value is -3.16. The monoisotopic (exact) mass is 405 g/mol. The summed E-state index contributed by atoms with van der Waals surface area (Å²) in [4.78, 5) is 16.2. The number of aliphatic hydroxyl groups is 1. The lowest BCUT2D eigenvalue weighted by molar-refractivity contribution is 0.154. The predicted octanol–water partition coefficient (Wildman–Crippen LogP) is 3.12. The number of benzene rings is 1. The van der Waals surface area contributed by atoms with Crippen molar-refractivity contribution in [3.05, 3.63) is 71.6 Å². The SMILES string of the molecule is CNc1nccc(C2=C/C(=C(/ON)c3ccc(N4CCCC(O)C4)cc3)CC=C2)n1. The van der Waals surface area contributed by atoms with Crippen molar-refractivity contribution in [1.29, 1.82) is 0 Å². The highest BCUT2D eigenvalue weighted by Gasteiger charge is 2.19. The van der Waals surface area contributed by atoms with E-state index in [1.165, 1.54) is 0 Å². The molecule has 0 spiro atoms. The molecule has 2 aliphatic rings. The lowest BCUT2D eigenvalue weighted by Crippen LogP contribution is -2.38. The van der Waals surface area contributed by atoms with E-state index in [4.69, 9.17) is 10.7 Å². The Morgan fingerprint density at radius 3 is 2.83 bits per heavy atom. The fourth-order valence-corrected chi connectivity index (χ4v) is 3.91. The second-order valence-electron chi connectivity index (χ2n) is 7.48. The standard InChI is InChI=1S/C23H27N5O2/c1-25-23-26-12-11-21(27-23)17-4-2-5-18(14-17)22(30-24)16-7-9-19(10-8-16)28-13-3-6-20(29)15-28/h2,4,7-12,14,20,29H,3,5-6,13,15,24H2,1H3,(H,25,26,27)/b22-18+. The number of nitrogens with zero attached hydrogens (tertiary/aromatic N) is 3. The molecule has 0 radical (unpaired) electrons. The number of anilines is 2. The second kappa shape index (κ2) is 9.11. The van der Waals surface area contributed by atoms with Crippen molar-refractivity contribution in [3.8, 4) is 0 Å². The van der Waals surface area contributed by atoms with E-state index in [0.717, 1.165) is 53.9 Å². The molecular formula is C23H27N5O2. The third-order valence-electron chi connectivity index (χ3n) is 5.44. The highest BCUT2D eigenvalue weighted by Crippen LogP contribution is 2.31. The van der Waals surface area contributed by atoms with Gasteiger partial charge in [0, 0.05) is 48.7 Å². The number of β-amino-alcohol motifs (C(OH)–C–C–N with tert-alkyl or cyclic N) is 1. The molecule has 1 aromatic carbocycles. The molecule has 4 rings (SSSR count). The van der Waals surface area contributed by atoms with Crippen molar-refractivity contribution in [2.45, 2.75) is 25.4 Å². The van der Waals surface area contributed by atoms with Crippen LogP contribution in [0.15, 0.2) is 60.3 Å². The van der Waals surface area contributed by atoms with Gasteiger partial charge in [-0.15, -0.1) is 0 Å². The van der Waals surface area contributed by atoms with E-state index in [-0.39, 0.29) is 6.10 Å². The van der Waals surface area contributed by atoms with Gasteiger partial charge in [-0.1, -0.05) is 12.2 Å². The zero-order valence-electron chi connectivity index (χ0n) is 17.1. The van der Waals surface area contributed by atoms with Crippen molar-refractivity contribution in [3.63, 3.8) is 0 Å². The van der Waals surface area contributed by atoms with Gasteiger partial charge >= 0.3 is 0 Å². The molecule has 1 aliphatic heterocycles. The summed E-state index contributed by atoms with van der Waals surface area (Å²) in [5.74, 6) is 6.89. The second-order valence-corrected chi connectivity index (χ2v) is 7.48. The summed E-state index contributed by atoms with van der Waals surface area (Å²) < 4.78 is 0. The Morgan fingerprint density at radius 2 is 2.10 bits per heavy atom. The number of hydrogen-bond acceptors (Lipinski definition) is 7. The van der Waals surface area contributed by atoms with Gasteiger partial charge in [-0.3, -0.25) is 0 Å². The first-order valence-corrected chi connectivity index (χ1v) is 10.2. The minimum Gasteiger partial charge on any atom is -0.411 e. The van der Waals surface area contributed by atoms with Crippen LogP contribution < -0.4 is 16.1 Å². The molecule has 1 unspecified atom stereocenters. The molecule has 4 N–H and O–H groups in total. The highest BCUT2D eigenvalue weighted by molar-refractivity contribution is 5.80. The average Bonchev–Trinajstić information content (AvgIpc) is 2.80. The van der Waals surface area contributed by atoms with Crippen LogP contribution in [-0.2, 0) is 4.84 Å². The van der Waals surface area contributed by atoms with Crippen LogP contribution in [0.1, 0.15) is 30.5 Å². The quantitative estimate of drug-likeness (QED) is 0.519. The number of aliphatic hydroxyl groups excluding tert-OH is 1. The molecule has 2 heterocycles. The van der Waals surface area contributed by atoms with Gasteiger partial charge in [0.05, 0.1) is 11.8 Å². The zero-order chi connectivity index (χ0) is 20.9. The molecule has 7 nitrogen and oxygen atoms in total. The number of allylic oxidation sites excluding steroid dienone is 5. The number of aromatic nitrogens is 2. The third-order valence-corrected chi connectivity index (χ3v) is 5.44. The lowest BCUT2D eigenvalue weighted by Gasteiger charge is -2.32. The molecule has 0 bridgehead atoms. The Morgan fingerprint density at radius 1 is 1.27 bits per heavy atom. The van der Waals surface area contributed by atoms with Gasteiger partial charge in [0.15, 0.2) is 5.76 Å². The average molecular weight is 406 g/mol. The summed E-state index contributed by atoms with van der Waals surface area (Å²) in [5.41, 5.74) is 4.81. The van der Waals surface area contributed by atoms with Crippen LogP contribution in [0.5, 0.6) is 0 Å². The molecular weight excluding hydrogens is 378 g/mol. The molecule has 7 heteroatoms. The molecule has 1 atom stereocenters. The van der Waals surface area contributed by atoms with E-state index >= 15 is 0 Å².